The number of nitrogens with zero attached hydrogens (tertiary/aromatic N) is 2. The van der Waals surface area contributed by atoms with Gasteiger partial charge in [0.2, 0.25) is 0 Å². The van der Waals surface area contributed by atoms with E-state index in [-0.39, 0.29) is 0 Å². The molecule has 0 unspecified atom stereocenters. The van der Waals surface area contributed by atoms with Crippen molar-refractivity contribution >= 4 is 23.1 Å². The highest BCUT2D eigenvalue weighted by atomic mass is 35.5. The molecule has 0 atom stereocenters. The van der Waals surface area contributed by atoms with Gasteiger partial charge < -0.3 is 10.6 Å². The van der Waals surface area contributed by atoms with Gasteiger partial charge in [-0.25, -0.2) is 4.98 Å². The third-order valence-corrected chi connectivity index (χ3v) is 2.55. The van der Waals surface area contributed by atoms with Crippen LogP contribution < -0.4 is 10.6 Å². The summed E-state index contributed by atoms with van der Waals surface area (Å²) in [5.74, 6) is 0.832. The number of pyridine rings is 1. The fourth-order valence-corrected chi connectivity index (χ4v) is 1.65. The van der Waals surface area contributed by atoms with E-state index in [0.29, 0.717) is 16.8 Å². The van der Waals surface area contributed by atoms with Gasteiger partial charge in [0.05, 0.1) is 16.9 Å². The Kier molecular flexibility index (Phi) is 2.04. The Hall–Kier alpha value is -0.960. The molecule has 0 bridgehead atoms. The molecule has 2 N–H and O–H groups in total. The standard InChI is InChI=1S/C9H12ClN3/c1-13(7-2-3-7)9-8(10)4-6(11)5-12-9/h4-5,7H,2-3,11H2,1H3. The highest BCUT2D eigenvalue weighted by molar-refractivity contribution is 6.33. The molecular formula is C9H12ClN3. The molecule has 0 amide bonds. The van der Waals surface area contributed by atoms with E-state index in [1.807, 2.05) is 7.05 Å². The molecule has 0 aliphatic heterocycles. The summed E-state index contributed by atoms with van der Waals surface area (Å²) in [5, 5.41) is 0.634. The summed E-state index contributed by atoms with van der Waals surface area (Å²) in [6.07, 6.45) is 4.11. The van der Waals surface area contributed by atoms with Crippen LogP contribution in [0.3, 0.4) is 0 Å². The zero-order valence-corrected chi connectivity index (χ0v) is 8.25. The highest BCUT2D eigenvalue weighted by Gasteiger charge is 2.28. The number of hydrogen-bond acceptors (Lipinski definition) is 3. The van der Waals surface area contributed by atoms with Crippen molar-refractivity contribution in [3.63, 3.8) is 0 Å². The second-order valence-corrected chi connectivity index (χ2v) is 3.82. The molecule has 0 saturated heterocycles. The van der Waals surface area contributed by atoms with Gasteiger partial charge in [0.15, 0.2) is 0 Å². The highest BCUT2D eigenvalue weighted by Crippen LogP contribution is 2.33. The number of hydrogen-bond donors (Lipinski definition) is 1. The van der Waals surface area contributed by atoms with Crippen LogP contribution in [0.2, 0.25) is 5.02 Å². The van der Waals surface area contributed by atoms with Crippen molar-refractivity contribution in [2.75, 3.05) is 17.7 Å². The topological polar surface area (TPSA) is 42.2 Å². The number of rotatable bonds is 2. The van der Waals surface area contributed by atoms with Gasteiger partial charge >= 0.3 is 0 Å². The van der Waals surface area contributed by atoms with E-state index in [1.165, 1.54) is 12.8 Å². The molecule has 1 saturated carbocycles. The first-order valence-corrected chi connectivity index (χ1v) is 4.70. The summed E-state index contributed by atoms with van der Waals surface area (Å²) >= 11 is 6.01. The lowest BCUT2D eigenvalue weighted by Crippen LogP contribution is -2.20. The normalized spacial score (nSPS) is 15.8. The Morgan fingerprint density at radius 1 is 1.62 bits per heavy atom. The molecule has 1 aliphatic carbocycles. The first kappa shape index (κ1) is 8.63. The van der Waals surface area contributed by atoms with Crippen molar-refractivity contribution in [3.05, 3.63) is 17.3 Å². The van der Waals surface area contributed by atoms with Gasteiger partial charge in [0.25, 0.3) is 0 Å². The van der Waals surface area contributed by atoms with Crippen molar-refractivity contribution in [2.45, 2.75) is 18.9 Å². The largest absolute Gasteiger partial charge is 0.397 e. The van der Waals surface area contributed by atoms with Gasteiger partial charge in [-0.15, -0.1) is 0 Å². The Labute approximate surface area is 82.5 Å². The molecule has 70 valence electrons. The average Bonchev–Trinajstić information content (AvgIpc) is 2.85. The Balaban J connectivity index is 2.28. The maximum atomic E-state index is 6.01. The van der Waals surface area contributed by atoms with E-state index in [1.54, 1.807) is 12.3 Å². The van der Waals surface area contributed by atoms with E-state index in [0.717, 1.165) is 5.82 Å². The molecule has 0 spiro atoms. The summed E-state index contributed by atoms with van der Waals surface area (Å²) in [5.41, 5.74) is 6.16. The van der Waals surface area contributed by atoms with Crippen molar-refractivity contribution in [2.24, 2.45) is 0 Å². The smallest absolute Gasteiger partial charge is 0.147 e. The molecule has 1 heterocycles. The maximum Gasteiger partial charge on any atom is 0.147 e. The van der Waals surface area contributed by atoms with Gasteiger partial charge in [-0.05, 0) is 18.9 Å². The SMILES string of the molecule is CN(c1ncc(N)cc1Cl)C1CC1. The van der Waals surface area contributed by atoms with Gasteiger partial charge in [0.1, 0.15) is 5.82 Å². The molecule has 3 nitrogen and oxygen atoms in total. The first-order chi connectivity index (χ1) is 6.18. The Morgan fingerprint density at radius 2 is 2.31 bits per heavy atom. The van der Waals surface area contributed by atoms with E-state index in [9.17, 15) is 0 Å². The van der Waals surface area contributed by atoms with Crippen LogP contribution in [0.25, 0.3) is 0 Å². The lowest BCUT2D eigenvalue weighted by molar-refractivity contribution is 0.893. The minimum absolute atomic E-state index is 0.609. The fraction of sp³-hybridized carbons (Fsp3) is 0.444. The second-order valence-electron chi connectivity index (χ2n) is 3.42. The second kappa shape index (κ2) is 3.07. The van der Waals surface area contributed by atoms with Gasteiger partial charge in [0, 0.05) is 13.1 Å². The molecule has 0 radical (unpaired) electrons. The summed E-state index contributed by atoms with van der Waals surface area (Å²) in [6, 6.07) is 2.36. The van der Waals surface area contributed by atoms with E-state index >= 15 is 0 Å². The van der Waals surface area contributed by atoms with Crippen LogP contribution in [0.4, 0.5) is 11.5 Å². The molecule has 0 aromatic carbocycles. The number of aromatic nitrogens is 1. The molecular weight excluding hydrogens is 186 g/mol. The predicted molar refractivity (Wildman–Crippen MR) is 55.1 cm³/mol. The molecule has 1 aromatic rings. The summed E-state index contributed by atoms with van der Waals surface area (Å²) in [4.78, 5) is 6.32. The van der Waals surface area contributed by atoms with E-state index < -0.39 is 0 Å². The van der Waals surface area contributed by atoms with Crippen molar-refractivity contribution in [3.8, 4) is 0 Å². The lowest BCUT2D eigenvalue weighted by Gasteiger charge is -2.18. The lowest BCUT2D eigenvalue weighted by atomic mass is 10.4. The molecule has 4 heteroatoms. The molecule has 1 fully saturated rings. The number of halogens is 1. The number of anilines is 2. The third-order valence-electron chi connectivity index (χ3n) is 2.27. The van der Waals surface area contributed by atoms with Gasteiger partial charge in [-0.1, -0.05) is 11.6 Å². The van der Waals surface area contributed by atoms with Crippen molar-refractivity contribution in [1.82, 2.24) is 4.98 Å². The average molecular weight is 198 g/mol. The van der Waals surface area contributed by atoms with Crippen LogP contribution in [0.1, 0.15) is 12.8 Å². The van der Waals surface area contributed by atoms with E-state index in [4.69, 9.17) is 17.3 Å². The zero-order chi connectivity index (χ0) is 9.42. The minimum Gasteiger partial charge on any atom is -0.397 e. The fourth-order valence-electron chi connectivity index (χ4n) is 1.34. The number of nitrogens with two attached hydrogens (primary N) is 1. The zero-order valence-electron chi connectivity index (χ0n) is 7.50. The van der Waals surface area contributed by atoms with Crippen LogP contribution in [-0.2, 0) is 0 Å². The quantitative estimate of drug-likeness (QED) is 0.788. The van der Waals surface area contributed by atoms with Crippen LogP contribution in [0.5, 0.6) is 0 Å². The molecule has 1 aromatic heterocycles. The number of nitrogen functional groups attached to an aromatic ring is 1. The molecule has 13 heavy (non-hydrogen) atoms. The van der Waals surface area contributed by atoms with Crippen molar-refractivity contribution < 1.29 is 0 Å². The van der Waals surface area contributed by atoms with Crippen LogP contribution >= 0.6 is 11.6 Å². The molecule has 1 aliphatic rings. The first-order valence-electron chi connectivity index (χ1n) is 4.32. The summed E-state index contributed by atoms with van der Waals surface area (Å²) in [6.45, 7) is 0. The minimum atomic E-state index is 0.609. The summed E-state index contributed by atoms with van der Waals surface area (Å²) in [7, 11) is 2.02. The van der Waals surface area contributed by atoms with Crippen LogP contribution in [-0.4, -0.2) is 18.1 Å². The maximum absolute atomic E-state index is 6.01. The summed E-state index contributed by atoms with van der Waals surface area (Å²) < 4.78 is 0. The van der Waals surface area contributed by atoms with Gasteiger partial charge in [-0.2, -0.15) is 0 Å². The third kappa shape index (κ3) is 1.70. The molecule has 2 rings (SSSR count). The van der Waals surface area contributed by atoms with E-state index in [2.05, 4.69) is 9.88 Å². The Bertz CT molecular complexity index is 323. The van der Waals surface area contributed by atoms with Crippen LogP contribution in [0, 0.1) is 0 Å². The predicted octanol–water partition coefficient (Wildman–Crippen LogP) is 1.92. The Morgan fingerprint density at radius 3 is 2.85 bits per heavy atom. The van der Waals surface area contributed by atoms with Crippen molar-refractivity contribution in [1.29, 1.82) is 0 Å². The van der Waals surface area contributed by atoms with Crippen LogP contribution in [0.15, 0.2) is 12.3 Å². The van der Waals surface area contributed by atoms with Gasteiger partial charge in [-0.3, -0.25) is 0 Å². The monoisotopic (exact) mass is 197 g/mol.